The first kappa shape index (κ1) is 12.2. The van der Waals surface area contributed by atoms with Gasteiger partial charge in [0, 0.05) is 37.9 Å². The van der Waals surface area contributed by atoms with E-state index in [1.165, 1.54) is 25.7 Å². The van der Waals surface area contributed by atoms with Crippen molar-refractivity contribution in [3.05, 3.63) is 23.9 Å². The molecule has 1 aromatic rings. The maximum atomic E-state index is 12.6. The zero-order chi connectivity index (χ0) is 13.7. The highest BCUT2D eigenvalue weighted by Gasteiger charge is 2.45. The maximum absolute atomic E-state index is 12.6. The van der Waals surface area contributed by atoms with E-state index in [2.05, 4.69) is 21.8 Å². The highest BCUT2D eigenvalue weighted by Crippen LogP contribution is 2.41. The van der Waals surface area contributed by atoms with Crippen molar-refractivity contribution in [2.45, 2.75) is 31.7 Å². The van der Waals surface area contributed by atoms with Gasteiger partial charge >= 0.3 is 0 Å². The normalized spacial score (nSPS) is 27.4. The highest BCUT2D eigenvalue weighted by atomic mass is 16.2. The number of hydrogen-bond donors (Lipinski definition) is 0. The number of aromatic nitrogens is 1. The molecule has 0 spiro atoms. The van der Waals surface area contributed by atoms with E-state index < -0.39 is 0 Å². The van der Waals surface area contributed by atoms with Gasteiger partial charge in [-0.1, -0.05) is 0 Å². The number of carbonyl (C=O) groups is 1. The molecule has 2 aliphatic heterocycles. The second-order valence-corrected chi connectivity index (χ2v) is 6.68. The van der Waals surface area contributed by atoms with Crippen molar-refractivity contribution in [3.63, 3.8) is 0 Å². The van der Waals surface area contributed by atoms with E-state index in [1.807, 2.05) is 12.1 Å². The van der Waals surface area contributed by atoms with Crippen LogP contribution in [0.1, 0.15) is 36.0 Å². The molecular formula is C16H21N3O. The third kappa shape index (κ3) is 2.07. The lowest BCUT2D eigenvalue weighted by Gasteiger charge is -2.26. The quantitative estimate of drug-likeness (QED) is 0.842. The van der Waals surface area contributed by atoms with Crippen LogP contribution in [-0.4, -0.2) is 42.0 Å². The number of carbonyl (C=O) groups excluding carboxylic acids is 1. The lowest BCUT2D eigenvalue weighted by Crippen LogP contribution is -2.34. The van der Waals surface area contributed by atoms with Gasteiger partial charge in [-0.25, -0.2) is 4.98 Å². The van der Waals surface area contributed by atoms with E-state index in [9.17, 15) is 4.79 Å². The smallest absolute Gasteiger partial charge is 0.254 e. The van der Waals surface area contributed by atoms with Crippen molar-refractivity contribution in [2.75, 3.05) is 25.0 Å². The summed E-state index contributed by atoms with van der Waals surface area (Å²) in [7, 11) is 2.07. The van der Waals surface area contributed by atoms with E-state index in [0.29, 0.717) is 6.04 Å². The molecule has 0 aromatic carbocycles. The minimum Gasteiger partial charge on any atom is -0.359 e. The van der Waals surface area contributed by atoms with Gasteiger partial charge in [0.15, 0.2) is 0 Å². The van der Waals surface area contributed by atoms with Gasteiger partial charge in [0.1, 0.15) is 5.82 Å². The van der Waals surface area contributed by atoms with Crippen molar-refractivity contribution in [2.24, 2.45) is 11.8 Å². The molecule has 1 aromatic heterocycles. The third-order valence-corrected chi connectivity index (χ3v) is 4.98. The topological polar surface area (TPSA) is 36.4 Å². The summed E-state index contributed by atoms with van der Waals surface area (Å²) in [6.45, 7) is 2.01. The van der Waals surface area contributed by atoms with Gasteiger partial charge in [0.2, 0.25) is 0 Å². The fourth-order valence-corrected chi connectivity index (χ4v) is 3.49. The molecule has 1 amide bonds. The number of fused-ring (bicyclic) bond motifs is 1. The first-order chi connectivity index (χ1) is 9.70. The minimum absolute atomic E-state index is 0.193. The number of hydrogen-bond acceptors (Lipinski definition) is 3. The van der Waals surface area contributed by atoms with E-state index in [0.717, 1.165) is 36.3 Å². The van der Waals surface area contributed by atoms with Crippen LogP contribution in [0, 0.1) is 11.8 Å². The Balaban J connectivity index is 1.51. The molecule has 3 heterocycles. The van der Waals surface area contributed by atoms with Crippen LogP contribution in [0.4, 0.5) is 5.82 Å². The Morgan fingerprint density at radius 1 is 1.45 bits per heavy atom. The van der Waals surface area contributed by atoms with Gasteiger partial charge in [-0.05, 0) is 49.7 Å². The van der Waals surface area contributed by atoms with Crippen LogP contribution in [0.5, 0.6) is 0 Å². The molecule has 0 unspecified atom stereocenters. The molecule has 2 bridgehead atoms. The maximum Gasteiger partial charge on any atom is 0.254 e. The summed E-state index contributed by atoms with van der Waals surface area (Å²) >= 11 is 0. The molecule has 0 N–H and O–H groups in total. The SMILES string of the molecule is CN(CC1CC1)c1cc(C(=O)N2CC3CC2C3)ccn1. The monoisotopic (exact) mass is 271 g/mol. The standard InChI is InChI=1S/C16H21N3O/c1-18(9-11-2-3-11)15-8-13(4-5-17-15)16(20)19-10-12-6-14(19)7-12/h4-5,8,11-12,14H,2-3,6-7,9-10H2,1H3. The highest BCUT2D eigenvalue weighted by molar-refractivity contribution is 5.95. The van der Waals surface area contributed by atoms with E-state index in [1.54, 1.807) is 6.20 Å². The van der Waals surface area contributed by atoms with E-state index >= 15 is 0 Å². The molecule has 4 fully saturated rings. The van der Waals surface area contributed by atoms with Crippen LogP contribution in [0.25, 0.3) is 0 Å². The lowest BCUT2D eigenvalue weighted by atomic mass is 9.86. The summed E-state index contributed by atoms with van der Waals surface area (Å²) in [6, 6.07) is 4.32. The van der Waals surface area contributed by atoms with Crippen molar-refractivity contribution in [3.8, 4) is 0 Å². The Kier molecular flexibility index (Phi) is 2.72. The summed E-state index contributed by atoms with van der Waals surface area (Å²) < 4.78 is 0. The molecule has 0 atom stereocenters. The van der Waals surface area contributed by atoms with Gasteiger partial charge in [-0.15, -0.1) is 0 Å². The van der Waals surface area contributed by atoms with Gasteiger partial charge in [-0.3, -0.25) is 4.79 Å². The van der Waals surface area contributed by atoms with Crippen LogP contribution in [0.3, 0.4) is 0 Å². The van der Waals surface area contributed by atoms with Crippen LogP contribution >= 0.6 is 0 Å². The third-order valence-electron chi connectivity index (χ3n) is 4.98. The molecule has 20 heavy (non-hydrogen) atoms. The molecule has 0 radical (unpaired) electrons. The summed E-state index contributed by atoms with van der Waals surface area (Å²) in [5, 5.41) is 0. The van der Waals surface area contributed by atoms with E-state index in [-0.39, 0.29) is 5.91 Å². The Bertz CT molecular complexity index is 534. The van der Waals surface area contributed by atoms with Crippen LogP contribution in [0.15, 0.2) is 18.3 Å². The fourth-order valence-electron chi connectivity index (χ4n) is 3.49. The summed E-state index contributed by atoms with van der Waals surface area (Å²) in [5.41, 5.74) is 0.796. The summed E-state index contributed by atoms with van der Waals surface area (Å²) in [4.78, 5) is 21.2. The second-order valence-electron chi connectivity index (χ2n) is 6.68. The minimum atomic E-state index is 0.193. The van der Waals surface area contributed by atoms with Crippen molar-refractivity contribution in [1.29, 1.82) is 0 Å². The van der Waals surface area contributed by atoms with Crippen LogP contribution in [0.2, 0.25) is 0 Å². The molecule has 5 rings (SSSR count). The molecule has 2 saturated carbocycles. The molecule has 4 nitrogen and oxygen atoms in total. The summed E-state index contributed by atoms with van der Waals surface area (Å²) in [6.07, 6.45) is 6.86. The largest absolute Gasteiger partial charge is 0.359 e. The van der Waals surface area contributed by atoms with Gasteiger partial charge < -0.3 is 9.80 Å². The first-order valence-electron chi connectivity index (χ1n) is 7.69. The lowest BCUT2D eigenvalue weighted by molar-refractivity contribution is 0.0751. The first-order valence-corrected chi connectivity index (χ1v) is 7.69. The number of rotatable bonds is 4. The second kappa shape index (κ2) is 4.47. The Morgan fingerprint density at radius 2 is 2.25 bits per heavy atom. The van der Waals surface area contributed by atoms with Crippen LogP contribution < -0.4 is 4.90 Å². The molecule has 4 aliphatic rings. The van der Waals surface area contributed by atoms with Crippen molar-refractivity contribution >= 4 is 11.7 Å². The number of nitrogens with zero attached hydrogens (tertiary/aromatic N) is 3. The predicted octanol–water partition coefficient (Wildman–Crippen LogP) is 2.16. The summed E-state index contributed by atoms with van der Waals surface area (Å²) in [5.74, 6) is 2.71. The average Bonchev–Trinajstić information content (AvgIpc) is 3.00. The fraction of sp³-hybridized carbons (Fsp3) is 0.625. The van der Waals surface area contributed by atoms with Gasteiger partial charge in [-0.2, -0.15) is 0 Å². The number of pyridine rings is 1. The average molecular weight is 271 g/mol. The molecular weight excluding hydrogens is 250 g/mol. The Hall–Kier alpha value is -1.58. The van der Waals surface area contributed by atoms with Crippen molar-refractivity contribution in [1.82, 2.24) is 9.88 Å². The van der Waals surface area contributed by atoms with Gasteiger partial charge in [0.05, 0.1) is 0 Å². The Labute approximate surface area is 119 Å². The van der Waals surface area contributed by atoms with Crippen LogP contribution in [-0.2, 0) is 0 Å². The zero-order valence-corrected chi connectivity index (χ0v) is 12.0. The molecule has 4 heteroatoms. The number of anilines is 1. The molecule has 2 aliphatic carbocycles. The zero-order valence-electron chi connectivity index (χ0n) is 12.0. The van der Waals surface area contributed by atoms with Gasteiger partial charge in [0.25, 0.3) is 5.91 Å². The predicted molar refractivity (Wildman–Crippen MR) is 77.8 cm³/mol. The molecule has 2 saturated heterocycles. The molecule has 106 valence electrons. The number of amides is 1. The Morgan fingerprint density at radius 3 is 2.90 bits per heavy atom. The van der Waals surface area contributed by atoms with E-state index in [4.69, 9.17) is 0 Å². The van der Waals surface area contributed by atoms with Crippen molar-refractivity contribution < 1.29 is 4.79 Å².